The summed E-state index contributed by atoms with van der Waals surface area (Å²) in [7, 11) is 0. The zero-order valence-corrected chi connectivity index (χ0v) is 7.95. The molecule has 0 atom stereocenters. The molecule has 0 spiro atoms. The summed E-state index contributed by atoms with van der Waals surface area (Å²) in [5.41, 5.74) is 0.982. The van der Waals surface area contributed by atoms with Gasteiger partial charge in [-0.05, 0) is 17.9 Å². The summed E-state index contributed by atoms with van der Waals surface area (Å²) < 4.78 is 0. The van der Waals surface area contributed by atoms with Gasteiger partial charge in [-0.2, -0.15) is 5.26 Å². The van der Waals surface area contributed by atoms with Crippen molar-refractivity contribution in [2.45, 2.75) is 19.8 Å². The molecule has 0 fully saturated rings. The number of nitriles is 1. The van der Waals surface area contributed by atoms with E-state index in [2.05, 4.69) is 18.3 Å². The van der Waals surface area contributed by atoms with E-state index >= 15 is 0 Å². The zero-order chi connectivity index (χ0) is 8.81. The molecule has 0 unspecified atom stereocenters. The Morgan fingerprint density at radius 1 is 1.67 bits per heavy atom. The van der Waals surface area contributed by atoms with Crippen LogP contribution in [0.15, 0.2) is 11.4 Å². The highest BCUT2D eigenvalue weighted by Gasteiger charge is 2.00. The van der Waals surface area contributed by atoms with Crippen LogP contribution in [0.25, 0.3) is 0 Å². The lowest BCUT2D eigenvalue weighted by atomic mass is 10.3. The lowest BCUT2D eigenvalue weighted by Gasteiger charge is -2.01. The van der Waals surface area contributed by atoms with Crippen molar-refractivity contribution < 1.29 is 0 Å². The summed E-state index contributed by atoms with van der Waals surface area (Å²) in [4.78, 5) is 0.783. The van der Waals surface area contributed by atoms with Crippen molar-refractivity contribution in [2.24, 2.45) is 0 Å². The Kier molecular flexibility index (Phi) is 3.62. The third-order valence-electron chi connectivity index (χ3n) is 1.61. The minimum Gasteiger partial charge on any atom is -0.383 e. The predicted octanol–water partition coefficient (Wildman–Crippen LogP) is 2.83. The van der Waals surface area contributed by atoms with Crippen LogP contribution in [0.3, 0.4) is 0 Å². The van der Waals surface area contributed by atoms with Gasteiger partial charge in [0.2, 0.25) is 0 Å². The summed E-state index contributed by atoms with van der Waals surface area (Å²) >= 11 is 1.48. The van der Waals surface area contributed by atoms with Crippen LogP contribution in [0.5, 0.6) is 0 Å². The van der Waals surface area contributed by atoms with Crippen LogP contribution in [0.4, 0.5) is 5.69 Å². The Morgan fingerprint density at radius 3 is 3.17 bits per heavy atom. The van der Waals surface area contributed by atoms with Gasteiger partial charge in [0.15, 0.2) is 0 Å². The first-order chi connectivity index (χ1) is 5.88. The lowest BCUT2D eigenvalue weighted by molar-refractivity contribution is 0.834. The first-order valence-electron chi connectivity index (χ1n) is 4.10. The van der Waals surface area contributed by atoms with E-state index in [4.69, 9.17) is 5.26 Å². The van der Waals surface area contributed by atoms with E-state index in [0.29, 0.717) is 0 Å². The largest absolute Gasteiger partial charge is 0.383 e. The number of nitrogens with zero attached hydrogens (tertiary/aromatic N) is 1. The van der Waals surface area contributed by atoms with Crippen molar-refractivity contribution in [1.82, 2.24) is 0 Å². The average Bonchev–Trinajstić information content (AvgIpc) is 2.52. The molecule has 0 bridgehead atoms. The summed E-state index contributed by atoms with van der Waals surface area (Å²) in [5, 5.41) is 13.9. The monoisotopic (exact) mass is 180 g/mol. The fourth-order valence-electron chi connectivity index (χ4n) is 0.935. The third-order valence-corrected chi connectivity index (χ3v) is 2.43. The van der Waals surface area contributed by atoms with Crippen molar-refractivity contribution in [3.05, 3.63) is 16.3 Å². The highest BCUT2D eigenvalue weighted by Crippen LogP contribution is 2.20. The molecule has 0 aliphatic heterocycles. The topological polar surface area (TPSA) is 35.8 Å². The van der Waals surface area contributed by atoms with Crippen LogP contribution >= 0.6 is 11.3 Å². The molecule has 12 heavy (non-hydrogen) atoms. The number of anilines is 1. The smallest absolute Gasteiger partial charge is 0.128 e. The fraction of sp³-hybridized carbons (Fsp3) is 0.444. The van der Waals surface area contributed by atoms with Crippen LogP contribution in [0.2, 0.25) is 0 Å². The molecule has 0 aromatic carbocycles. The summed E-state index contributed by atoms with van der Waals surface area (Å²) in [5.74, 6) is 0. The number of rotatable bonds is 4. The van der Waals surface area contributed by atoms with E-state index in [9.17, 15) is 0 Å². The number of hydrogen-bond donors (Lipinski definition) is 1. The molecule has 0 aliphatic rings. The summed E-state index contributed by atoms with van der Waals surface area (Å²) in [6.07, 6.45) is 2.33. The van der Waals surface area contributed by atoms with Gasteiger partial charge in [-0.25, -0.2) is 0 Å². The predicted molar refractivity (Wildman–Crippen MR) is 52.4 cm³/mol. The van der Waals surface area contributed by atoms with Crippen LogP contribution < -0.4 is 5.32 Å². The van der Waals surface area contributed by atoms with Gasteiger partial charge in [0, 0.05) is 6.54 Å². The summed E-state index contributed by atoms with van der Waals surface area (Å²) in [6, 6.07) is 4.12. The van der Waals surface area contributed by atoms with Crippen molar-refractivity contribution in [2.75, 3.05) is 11.9 Å². The van der Waals surface area contributed by atoms with Crippen molar-refractivity contribution in [1.29, 1.82) is 5.26 Å². The van der Waals surface area contributed by atoms with E-state index in [1.54, 1.807) is 0 Å². The van der Waals surface area contributed by atoms with Gasteiger partial charge in [0.1, 0.15) is 10.9 Å². The van der Waals surface area contributed by atoms with Crippen LogP contribution in [-0.4, -0.2) is 6.54 Å². The molecule has 0 radical (unpaired) electrons. The third kappa shape index (κ3) is 2.24. The van der Waals surface area contributed by atoms with Crippen molar-refractivity contribution >= 4 is 17.0 Å². The molecular weight excluding hydrogens is 168 g/mol. The van der Waals surface area contributed by atoms with E-state index in [1.165, 1.54) is 17.8 Å². The molecule has 3 heteroatoms. The van der Waals surface area contributed by atoms with Gasteiger partial charge in [-0.1, -0.05) is 13.3 Å². The second kappa shape index (κ2) is 4.78. The molecule has 64 valence electrons. The van der Waals surface area contributed by atoms with Crippen LogP contribution in [-0.2, 0) is 0 Å². The molecular formula is C9H12N2S. The minimum atomic E-state index is 0.783. The molecule has 1 aromatic rings. The number of thiophene rings is 1. The van der Waals surface area contributed by atoms with Crippen molar-refractivity contribution in [3.63, 3.8) is 0 Å². The maximum atomic E-state index is 8.68. The first kappa shape index (κ1) is 9.08. The molecule has 1 heterocycles. The standard InChI is InChI=1S/C9H12N2S/c1-2-3-5-11-8-4-6-12-9(8)7-10/h4,6,11H,2-3,5H2,1H3. The van der Waals surface area contributed by atoms with Crippen molar-refractivity contribution in [3.8, 4) is 6.07 Å². The molecule has 1 N–H and O–H groups in total. The Bertz CT molecular complexity index is 272. The van der Waals surface area contributed by atoms with Gasteiger partial charge in [0.25, 0.3) is 0 Å². The maximum absolute atomic E-state index is 8.68. The fourth-order valence-corrected chi connectivity index (χ4v) is 1.59. The molecule has 0 amide bonds. The Morgan fingerprint density at radius 2 is 2.50 bits per heavy atom. The van der Waals surface area contributed by atoms with E-state index in [0.717, 1.165) is 23.5 Å². The first-order valence-corrected chi connectivity index (χ1v) is 4.98. The number of unbranched alkanes of at least 4 members (excludes halogenated alkanes) is 1. The second-order valence-electron chi connectivity index (χ2n) is 2.56. The Labute approximate surface area is 76.8 Å². The quantitative estimate of drug-likeness (QED) is 0.723. The highest BCUT2D eigenvalue weighted by molar-refractivity contribution is 7.11. The molecule has 1 aromatic heterocycles. The highest BCUT2D eigenvalue weighted by atomic mass is 32.1. The van der Waals surface area contributed by atoms with E-state index in [-0.39, 0.29) is 0 Å². The molecule has 0 saturated heterocycles. The van der Waals surface area contributed by atoms with Gasteiger partial charge in [-0.3, -0.25) is 0 Å². The number of nitrogens with one attached hydrogen (secondary N) is 1. The van der Waals surface area contributed by atoms with Crippen LogP contribution in [0.1, 0.15) is 24.6 Å². The molecule has 2 nitrogen and oxygen atoms in total. The lowest BCUT2D eigenvalue weighted by Crippen LogP contribution is -2.00. The van der Waals surface area contributed by atoms with Crippen LogP contribution in [0, 0.1) is 11.3 Å². The summed E-state index contributed by atoms with van der Waals surface area (Å²) in [6.45, 7) is 3.11. The SMILES string of the molecule is CCCCNc1ccsc1C#N. The minimum absolute atomic E-state index is 0.783. The molecule has 1 rings (SSSR count). The van der Waals surface area contributed by atoms with Gasteiger partial charge in [0.05, 0.1) is 5.69 Å². The molecule has 0 aliphatic carbocycles. The average molecular weight is 180 g/mol. The normalized spacial score (nSPS) is 9.33. The molecule has 0 saturated carbocycles. The van der Waals surface area contributed by atoms with Gasteiger partial charge < -0.3 is 5.32 Å². The Balaban J connectivity index is 2.46. The second-order valence-corrected chi connectivity index (χ2v) is 3.47. The van der Waals surface area contributed by atoms with E-state index < -0.39 is 0 Å². The maximum Gasteiger partial charge on any atom is 0.128 e. The van der Waals surface area contributed by atoms with Gasteiger partial charge >= 0.3 is 0 Å². The van der Waals surface area contributed by atoms with Gasteiger partial charge in [-0.15, -0.1) is 11.3 Å². The zero-order valence-electron chi connectivity index (χ0n) is 7.13. The Hall–Kier alpha value is -1.01. The number of hydrogen-bond acceptors (Lipinski definition) is 3. The van der Waals surface area contributed by atoms with E-state index in [1.807, 2.05) is 11.4 Å².